The predicted molar refractivity (Wildman–Crippen MR) is 66.4 cm³/mol. The van der Waals surface area contributed by atoms with Crippen molar-refractivity contribution in [2.24, 2.45) is 5.92 Å². The summed E-state index contributed by atoms with van der Waals surface area (Å²) < 4.78 is 0. The van der Waals surface area contributed by atoms with E-state index in [1.807, 2.05) is 26.0 Å². The van der Waals surface area contributed by atoms with Gasteiger partial charge in [-0.3, -0.25) is 0 Å². The van der Waals surface area contributed by atoms with Gasteiger partial charge in [0.1, 0.15) is 0 Å². The van der Waals surface area contributed by atoms with Crippen molar-refractivity contribution >= 4 is 29.3 Å². The van der Waals surface area contributed by atoms with Crippen LogP contribution in [0, 0.1) is 5.92 Å². The lowest BCUT2D eigenvalue weighted by Crippen LogP contribution is -1.98. The minimum Gasteiger partial charge on any atom is -0.392 e. The van der Waals surface area contributed by atoms with Crippen LogP contribution in [0.4, 0.5) is 0 Å². The molecular weight excluding hydrogens is 231 g/mol. The topological polar surface area (TPSA) is 20.2 Å². The Morgan fingerprint density at radius 3 is 2.53 bits per heavy atom. The number of aliphatic hydroxyl groups is 1. The molecule has 82 valence electrons. The number of benzene rings is 1. The van der Waals surface area contributed by atoms with Gasteiger partial charge in [0.2, 0.25) is 0 Å². The summed E-state index contributed by atoms with van der Waals surface area (Å²) >= 11 is 11.8. The van der Waals surface area contributed by atoms with E-state index in [9.17, 15) is 0 Å². The van der Waals surface area contributed by atoms with E-state index in [4.69, 9.17) is 28.3 Å². The monoisotopic (exact) mass is 244 g/mol. The van der Waals surface area contributed by atoms with E-state index in [2.05, 4.69) is 0 Å². The maximum absolute atomic E-state index is 9.17. The van der Waals surface area contributed by atoms with Gasteiger partial charge in [-0.1, -0.05) is 49.2 Å². The third kappa shape index (κ3) is 3.53. The first-order valence-corrected chi connectivity index (χ1v) is 5.56. The Labute approximate surface area is 100 Å². The standard InChI is InChI=1S/C12H14Cl2O/c1-8(2)10(7-15)5-9-3-4-11(13)6-12(9)14/h3-6,8,15H,7H2,1-2H3/b10-5-. The maximum Gasteiger partial charge on any atom is 0.0647 e. The average Bonchev–Trinajstić information content (AvgIpc) is 2.16. The van der Waals surface area contributed by atoms with Gasteiger partial charge in [0, 0.05) is 10.0 Å². The molecule has 0 atom stereocenters. The Bertz CT molecular complexity index is 370. The Morgan fingerprint density at radius 1 is 1.40 bits per heavy atom. The van der Waals surface area contributed by atoms with Gasteiger partial charge in [0.05, 0.1) is 6.61 Å². The second-order valence-electron chi connectivity index (χ2n) is 3.70. The summed E-state index contributed by atoms with van der Waals surface area (Å²) in [6.07, 6.45) is 1.91. The van der Waals surface area contributed by atoms with Crippen LogP contribution in [0.5, 0.6) is 0 Å². The van der Waals surface area contributed by atoms with Crippen molar-refractivity contribution in [1.29, 1.82) is 0 Å². The van der Waals surface area contributed by atoms with Gasteiger partial charge in [-0.2, -0.15) is 0 Å². The predicted octanol–water partition coefficient (Wildman–Crippen LogP) is 4.03. The molecule has 0 radical (unpaired) electrons. The zero-order valence-corrected chi connectivity index (χ0v) is 10.3. The number of aliphatic hydroxyl groups excluding tert-OH is 1. The van der Waals surface area contributed by atoms with E-state index in [1.54, 1.807) is 12.1 Å². The molecule has 0 unspecified atom stereocenters. The third-order valence-electron chi connectivity index (χ3n) is 2.23. The van der Waals surface area contributed by atoms with Crippen molar-refractivity contribution < 1.29 is 5.11 Å². The molecule has 0 aliphatic carbocycles. The van der Waals surface area contributed by atoms with E-state index in [0.717, 1.165) is 11.1 Å². The van der Waals surface area contributed by atoms with Crippen LogP contribution < -0.4 is 0 Å². The zero-order valence-electron chi connectivity index (χ0n) is 8.80. The molecule has 1 N–H and O–H groups in total. The largest absolute Gasteiger partial charge is 0.392 e. The number of hydrogen-bond donors (Lipinski definition) is 1. The van der Waals surface area contributed by atoms with E-state index in [1.165, 1.54) is 0 Å². The summed E-state index contributed by atoms with van der Waals surface area (Å²) in [5.41, 5.74) is 1.85. The van der Waals surface area contributed by atoms with Crippen LogP contribution in [0.1, 0.15) is 19.4 Å². The lowest BCUT2D eigenvalue weighted by Gasteiger charge is -2.08. The molecule has 0 spiro atoms. The quantitative estimate of drug-likeness (QED) is 0.852. The molecule has 0 amide bonds. The summed E-state index contributed by atoms with van der Waals surface area (Å²) in [5, 5.41) is 10.4. The molecule has 1 aromatic carbocycles. The number of halogens is 2. The fraction of sp³-hybridized carbons (Fsp3) is 0.333. The molecule has 0 aromatic heterocycles. The number of hydrogen-bond acceptors (Lipinski definition) is 1. The Balaban J connectivity index is 3.06. The van der Waals surface area contributed by atoms with E-state index < -0.39 is 0 Å². The molecule has 0 heterocycles. The molecule has 0 aliphatic rings. The first-order chi connectivity index (χ1) is 7.04. The minimum atomic E-state index is 0.0522. The van der Waals surface area contributed by atoms with Gasteiger partial charge >= 0.3 is 0 Å². The summed E-state index contributed by atoms with van der Waals surface area (Å²) in [6, 6.07) is 5.33. The van der Waals surface area contributed by atoms with Crippen molar-refractivity contribution in [1.82, 2.24) is 0 Å². The second-order valence-corrected chi connectivity index (χ2v) is 4.54. The van der Waals surface area contributed by atoms with Gasteiger partial charge in [-0.25, -0.2) is 0 Å². The minimum absolute atomic E-state index is 0.0522. The van der Waals surface area contributed by atoms with Crippen LogP contribution in [-0.4, -0.2) is 11.7 Å². The van der Waals surface area contributed by atoms with Crippen LogP contribution in [0.2, 0.25) is 10.0 Å². The fourth-order valence-electron chi connectivity index (χ4n) is 1.21. The van der Waals surface area contributed by atoms with Crippen LogP contribution >= 0.6 is 23.2 Å². The van der Waals surface area contributed by atoms with Crippen molar-refractivity contribution in [2.75, 3.05) is 6.61 Å². The maximum atomic E-state index is 9.17. The lowest BCUT2D eigenvalue weighted by atomic mass is 10.0. The highest BCUT2D eigenvalue weighted by molar-refractivity contribution is 6.35. The molecular formula is C12H14Cl2O. The van der Waals surface area contributed by atoms with Gasteiger partial charge in [0.15, 0.2) is 0 Å². The van der Waals surface area contributed by atoms with Gasteiger partial charge in [0.25, 0.3) is 0 Å². The number of rotatable bonds is 3. The van der Waals surface area contributed by atoms with Crippen molar-refractivity contribution in [2.45, 2.75) is 13.8 Å². The Morgan fingerprint density at radius 2 is 2.07 bits per heavy atom. The van der Waals surface area contributed by atoms with E-state index >= 15 is 0 Å². The summed E-state index contributed by atoms with van der Waals surface area (Å²) in [6.45, 7) is 4.12. The Hall–Kier alpha value is -0.500. The second kappa shape index (κ2) is 5.55. The smallest absolute Gasteiger partial charge is 0.0647 e. The van der Waals surface area contributed by atoms with Crippen LogP contribution in [-0.2, 0) is 0 Å². The first kappa shape index (κ1) is 12.6. The first-order valence-electron chi connectivity index (χ1n) is 4.81. The SMILES string of the molecule is CC(C)/C(=C\c1ccc(Cl)cc1Cl)CO. The molecule has 1 rings (SSSR count). The summed E-state index contributed by atoms with van der Waals surface area (Å²) in [4.78, 5) is 0. The van der Waals surface area contributed by atoms with Crippen molar-refractivity contribution in [3.05, 3.63) is 39.4 Å². The molecule has 0 aliphatic heterocycles. The van der Waals surface area contributed by atoms with Gasteiger partial charge in [-0.05, 0) is 29.2 Å². The highest BCUT2D eigenvalue weighted by Gasteiger charge is 2.04. The fourth-order valence-corrected chi connectivity index (χ4v) is 1.68. The third-order valence-corrected chi connectivity index (χ3v) is 2.79. The van der Waals surface area contributed by atoms with Crippen molar-refractivity contribution in [3.63, 3.8) is 0 Å². The molecule has 0 saturated carbocycles. The van der Waals surface area contributed by atoms with Crippen LogP contribution in [0.25, 0.3) is 6.08 Å². The zero-order chi connectivity index (χ0) is 11.4. The Kier molecular flexibility index (Phi) is 4.65. The normalized spacial score (nSPS) is 12.3. The molecule has 0 saturated heterocycles. The summed E-state index contributed by atoms with van der Waals surface area (Å²) in [7, 11) is 0. The van der Waals surface area contributed by atoms with E-state index in [0.29, 0.717) is 16.0 Å². The van der Waals surface area contributed by atoms with Crippen molar-refractivity contribution in [3.8, 4) is 0 Å². The lowest BCUT2D eigenvalue weighted by molar-refractivity contribution is 0.320. The van der Waals surface area contributed by atoms with Crippen LogP contribution in [0.15, 0.2) is 23.8 Å². The molecule has 1 nitrogen and oxygen atoms in total. The van der Waals surface area contributed by atoms with Crippen LogP contribution in [0.3, 0.4) is 0 Å². The average molecular weight is 245 g/mol. The molecule has 0 fully saturated rings. The molecule has 1 aromatic rings. The highest BCUT2D eigenvalue weighted by Crippen LogP contribution is 2.24. The molecule has 0 bridgehead atoms. The van der Waals surface area contributed by atoms with E-state index in [-0.39, 0.29) is 6.61 Å². The van der Waals surface area contributed by atoms with Gasteiger partial charge in [-0.15, -0.1) is 0 Å². The molecule has 3 heteroatoms. The molecule has 15 heavy (non-hydrogen) atoms. The van der Waals surface area contributed by atoms with Gasteiger partial charge < -0.3 is 5.11 Å². The highest BCUT2D eigenvalue weighted by atomic mass is 35.5. The summed E-state index contributed by atoms with van der Waals surface area (Å²) in [5.74, 6) is 0.307.